The first-order chi connectivity index (χ1) is 7.64. The molecular weight excluding hydrogens is 204 g/mol. The number of piperidine rings is 1. The van der Waals surface area contributed by atoms with Crippen molar-refractivity contribution in [3.8, 4) is 0 Å². The summed E-state index contributed by atoms with van der Waals surface area (Å²) < 4.78 is 1.68. The Balaban J connectivity index is 2.10. The number of rotatable bonds is 3. The third kappa shape index (κ3) is 2.25. The second-order valence-electron chi connectivity index (χ2n) is 4.72. The average Bonchev–Trinajstić information content (AvgIpc) is 2.64. The van der Waals surface area contributed by atoms with Gasteiger partial charge in [-0.1, -0.05) is 12.1 Å². The van der Waals surface area contributed by atoms with E-state index in [0.717, 1.165) is 31.6 Å². The summed E-state index contributed by atoms with van der Waals surface area (Å²) in [6, 6.07) is 0. The van der Waals surface area contributed by atoms with E-state index in [4.69, 9.17) is 0 Å². The highest BCUT2D eigenvalue weighted by atomic mass is 16.3. The van der Waals surface area contributed by atoms with E-state index in [-0.39, 0.29) is 0 Å². The standard InChI is InChI=1S/C11H20N4O/c1-3-9-7-12-5-4-11(9,16)6-10-8-15(2)14-13-10/h8-9,12,16H,3-7H2,1-2H3. The smallest absolute Gasteiger partial charge is 0.0855 e. The Bertz CT molecular complexity index is 352. The van der Waals surface area contributed by atoms with Gasteiger partial charge in [-0.2, -0.15) is 0 Å². The molecule has 2 heterocycles. The first-order valence-corrected chi connectivity index (χ1v) is 5.92. The Kier molecular flexibility index (Phi) is 3.25. The van der Waals surface area contributed by atoms with Crippen LogP contribution in [0.3, 0.4) is 0 Å². The Morgan fingerprint density at radius 3 is 3.12 bits per heavy atom. The topological polar surface area (TPSA) is 63.0 Å². The molecule has 0 bridgehead atoms. The van der Waals surface area contributed by atoms with E-state index in [2.05, 4.69) is 22.6 Å². The Labute approximate surface area is 95.8 Å². The molecule has 0 aromatic carbocycles. The molecule has 5 heteroatoms. The molecule has 0 aliphatic carbocycles. The molecule has 0 spiro atoms. The lowest BCUT2D eigenvalue weighted by Gasteiger charge is -2.39. The lowest BCUT2D eigenvalue weighted by molar-refractivity contribution is -0.0421. The summed E-state index contributed by atoms with van der Waals surface area (Å²) >= 11 is 0. The third-order valence-electron chi connectivity index (χ3n) is 3.52. The van der Waals surface area contributed by atoms with Crippen LogP contribution in [0.2, 0.25) is 0 Å². The van der Waals surface area contributed by atoms with E-state index in [1.165, 1.54) is 0 Å². The van der Waals surface area contributed by atoms with Crippen LogP contribution in [-0.2, 0) is 13.5 Å². The van der Waals surface area contributed by atoms with E-state index in [9.17, 15) is 5.11 Å². The van der Waals surface area contributed by atoms with E-state index in [1.807, 2.05) is 13.2 Å². The lowest BCUT2D eigenvalue weighted by Crippen LogP contribution is -2.51. The Morgan fingerprint density at radius 1 is 1.69 bits per heavy atom. The molecule has 1 fully saturated rings. The van der Waals surface area contributed by atoms with Crippen LogP contribution < -0.4 is 5.32 Å². The molecule has 1 aromatic heterocycles. The van der Waals surface area contributed by atoms with Gasteiger partial charge in [0.05, 0.1) is 11.3 Å². The summed E-state index contributed by atoms with van der Waals surface area (Å²) in [5, 5.41) is 22.0. The molecule has 5 nitrogen and oxygen atoms in total. The van der Waals surface area contributed by atoms with Gasteiger partial charge in [-0.25, -0.2) is 0 Å². The Hall–Kier alpha value is -0.940. The molecule has 2 unspecified atom stereocenters. The van der Waals surface area contributed by atoms with Crippen LogP contribution in [0.25, 0.3) is 0 Å². The van der Waals surface area contributed by atoms with Crippen LogP contribution >= 0.6 is 0 Å². The van der Waals surface area contributed by atoms with Crippen molar-refractivity contribution in [2.24, 2.45) is 13.0 Å². The lowest BCUT2D eigenvalue weighted by atomic mass is 9.77. The second-order valence-corrected chi connectivity index (χ2v) is 4.72. The molecular formula is C11H20N4O. The van der Waals surface area contributed by atoms with E-state index in [0.29, 0.717) is 12.3 Å². The maximum Gasteiger partial charge on any atom is 0.0855 e. The Morgan fingerprint density at radius 2 is 2.50 bits per heavy atom. The van der Waals surface area contributed by atoms with Gasteiger partial charge in [0.2, 0.25) is 0 Å². The summed E-state index contributed by atoms with van der Waals surface area (Å²) in [7, 11) is 1.85. The third-order valence-corrected chi connectivity index (χ3v) is 3.52. The maximum absolute atomic E-state index is 10.7. The number of hydrogen-bond acceptors (Lipinski definition) is 4. The second kappa shape index (κ2) is 4.51. The van der Waals surface area contributed by atoms with Crippen LogP contribution in [0.5, 0.6) is 0 Å². The number of aryl methyl sites for hydroxylation is 1. The molecule has 2 atom stereocenters. The van der Waals surface area contributed by atoms with Crippen LogP contribution in [0.4, 0.5) is 0 Å². The summed E-state index contributed by atoms with van der Waals surface area (Å²) in [5.41, 5.74) is 0.265. The largest absolute Gasteiger partial charge is 0.389 e. The van der Waals surface area contributed by atoms with E-state index < -0.39 is 5.60 Å². The molecule has 1 aromatic rings. The van der Waals surface area contributed by atoms with Crippen molar-refractivity contribution in [2.75, 3.05) is 13.1 Å². The van der Waals surface area contributed by atoms with Crippen LogP contribution in [0, 0.1) is 5.92 Å². The van der Waals surface area contributed by atoms with E-state index in [1.54, 1.807) is 4.68 Å². The number of aliphatic hydroxyl groups is 1. The summed E-state index contributed by atoms with van der Waals surface area (Å²) in [6.45, 7) is 3.90. The zero-order valence-electron chi connectivity index (χ0n) is 9.98. The van der Waals surface area contributed by atoms with Crippen molar-refractivity contribution < 1.29 is 5.11 Å². The minimum atomic E-state index is -0.615. The maximum atomic E-state index is 10.7. The minimum Gasteiger partial charge on any atom is -0.389 e. The average molecular weight is 224 g/mol. The molecule has 0 saturated carbocycles. The molecule has 1 saturated heterocycles. The van der Waals surface area contributed by atoms with Gasteiger partial charge >= 0.3 is 0 Å². The fourth-order valence-corrected chi connectivity index (χ4v) is 2.52. The first-order valence-electron chi connectivity index (χ1n) is 5.92. The fraction of sp³-hybridized carbons (Fsp3) is 0.818. The highest BCUT2D eigenvalue weighted by Crippen LogP contribution is 2.29. The van der Waals surface area contributed by atoms with Crippen LogP contribution in [0.15, 0.2) is 6.20 Å². The molecule has 1 aliphatic rings. The normalized spacial score (nSPS) is 30.6. The highest BCUT2D eigenvalue weighted by Gasteiger charge is 2.38. The summed E-state index contributed by atoms with van der Waals surface area (Å²) in [4.78, 5) is 0. The van der Waals surface area contributed by atoms with Gasteiger partial charge in [0.15, 0.2) is 0 Å². The molecule has 90 valence electrons. The van der Waals surface area contributed by atoms with E-state index >= 15 is 0 Å². The van der Waals surface area contributed by atoms with Gasteiger partial charge in [0, 0.05) is 32.1 Å². The quantitative estimate of drug-likeness (QED) is 0.765. The van der Waals surface area contributed by atoms with Gasteiger partial charge < -0.3 is 10.4 Å². The zero-order chi connectivity index (χ0) is 11.6. The molecule has 0 amide bonds. The van der Waals surface area contributed by atoms with Crippen LogP contribution in [-0.4, -0.2) is 38.8 Å². The van der Waals surface area contributed by atoms with Crippen molar-refractivity contribution in [3.63, 3.8) is 0 Å². The fourth-order valence-electron chi connectivity index (χ4n) is 2.52. The van der Waals surface area contributed by atoms with Gasteiger partial charge in [-0.3, -0.25) is 4.68 Å². The molecule has 2 N–H and O–H groups in total. The molecule has 0 radical (unpaired) electrons. The van der Waals surface area contributed by atoms with Gasteiger partial charge in [0.1, 0.15) is 0 Å². The number of nitrogens with one attached hydrogen (secondary N) is 1. The SMILES string of the molecule is CCC1CNCCC1(O)Cc1cn(C)nn1. The molecule has 2 rings (SSSR count). The van der Waals surface area contributed by atoms with Gasteiger partial charge in [-0.15, -0.1) is 5.10 Å². The van der Waals surface area contributed by atoms with Crippen molar-refractivity contribution in [3.05, 3.63) is 11.9 Å². The number of hydrogen-bond donors (Lipinski definition) is 2. The predicted molar refractivity (Wildman–Crippen MR) is 60.9 cm³/mol. The number of aromatic nitrogens is 3. The molecule has 16 heavy (non-hydrogen) atoms. The first kappa shape index (κ1) is 11.5. The highest BCUT2D eigenvalue weighted by molar-refractivity contribution is 5.03. The molecule has 1 aliphatic heterocycles. The zero-order valence-corrected chi connectivity index (χ0v) is 9.98. The van der Waals surface area contributed by atoms with Crippen molar-refractivity contribution in [2.45, 2.75) is 31.8 Å². The monoisotopic (exact) mass is 224 g/mol. The minimum absolute atomic E-state index is 0.309. The van der Waals surface area contributed by atoms with Crippen molar-refractivity contribution in [1.82, 2.24) is 20.3 Å². The number of nitrogens with zero attached hydrogens (tertiary/aromatic N) is 3. The van der Waals surface area contributed by atoms with Crippen LogP contribution in [0.1, 0.15) is 25.5 Å². The van der Waals surface area contributed by atoms with Gasteiger partial charge in [-0.05, 0) is 19.4 Å². The van der Waals surface area contributed by atoms with Crippen molar-refractivity contribution >= 4 is 0 Å². The van der Waals surface area contributed by atoms with Gasteiger partial charge in [0.25, 0.3) is 0 Å². The van der Waals surface area contributed by atoms with Crippen molar-refractivity contribution in [1.29, 1.82) is 0 Å². The predicted octanol–water partition coefficient (Wildman–Crippen LogP) is 0.108. The summed E-state index contributed by atoms with van der Waals surface area (Å²) in [6.07, 6.45) is 4.28. The summed E-state index contributed by atoms with van der Waals surface area (Å²) in [5.74, 6) is 0.309.